The predicted octanol–water partition coefficient (Wildman–Crippen LogP) is 4.53. The zero-order chi connectivity index (χ0) is 19.2. The highest BCUT2D eigenvalue weighted by Gasteiger charge is 2.12. The maximum atomic E-state index is 12.3. The van der Waals surface area contributed by atoms with Crippen LogP contribution in [0.1, 0.15) is 28.5 Å². The second-order valence-electron chi connectivity index (χ2n) is 6.12. The number of aryl methyl sites for hydroxylation is 1. The van der Waals surface area contributed by atoms with Crippen molar-refractivity contribution in [1.29, 1.82) is 0 Å². The van der Waals surface area contributed by atoms with Crippen LogP contribution in [-0.4, -0.2) is 22.4 Å². The van der Waals surface area contributed by atoms with Gasteiger partial charge in [0.1, 0.15) is 5.69 Å². The fraction of sp³-hybridized carbons (Fsp3) is 0.190. The van der Waals surface area contributed by atoms with Gasteiger partial charge < -0.3 is 10.2 Å². The van der Waals surface area contributed by atoms with Crippen LogP contribution in [0.5, 0.6) is 0 Å². The molecule has 0 aliphatic rings. The van der Waals surface area contributed by atoms with E-state index in [2.05, 4.69) is 34.3 Å². The number of carbonyl (C=O) groups is 1. The summed E-state index contributed by atoms with van der Waals surface area (Å²) in [5.74, 6) is 0.415. The van der Waals surface area contributed by atoms with Crippen molar-refractivity contribution in [3.63, 3.8) is 0 Å². The molecular weight excluding hydrogens is 360 g/mol. The van der Waals surface area contributed by atoms with Crippen LogP contribution in [0, 0.1) is 6.92 Å². The van der Waals surface area contributed by atoms with E-state index in [0.717, 1.165) is 17.8 Å². The Morgan fingerprint density at radius 1 is 1.11 bits per heavy atom. The van der Waals surface area contributed by atoms with Crippen LogP contribution < -0.4 is 10.2 Å². The first-order valence-electron chi connectivity index (χ1n) is 8.76. The number of hydrogen-bond donors (Lipinski definition) is 1. The van der Waals surface area contributed by atoms with E-state index in [1.807, 2.05) is 42.2 Å². The number of nitrogens with one attached hydrogen (secondary N) is 1. The number of halogens is 1. The Kier molecular flexibility index (Phi) is 6.04. The van der Waals surface area contributed by atoms with Crippen molar-refractivity contribution in [2.75, 3.05) is 11.4 Å². The highest BCUT2D eigenvalue weighted by Crippen LogP contribution is 2.23. The summed E-state index contributed by atoms with van der Waals surface area (Å²) in [5, 5.41) is 3.44. The van der Waals surface area contributed by atoms with Crippen LogP contribution in [0.4, 0.5) is 11.5 Å². The highest BCUT2D eigenvalue weighted by molar-refractivity contribution is 6.31. The van der Waals surface area contributed by atoms with Gasteiger partial charge in [-0.3, -0.25) is 4.79 Å². The molecule has 0 aliphatic heterocycles. The van der Waals surface area contributed by atoms with E-state index in [4.69, 9.17) is 11.6 Å². The van der Waals surface area contributed by atoms with E-state index in [1.165, 1.54) is 11.8 Å². The Balaban J connectivity index is 1.70. The summed E-state index contributed by atoms with van der Waals surface area (Å²) in [6.45, 7) is 5.19. The highest BCUT2D eigenvalue weighted by atomic mass is 35.5. The zero-order valence-electron chi connectivity index (χ0n) is 15.3. The Labute approximate surface area is 164 Å². The molecule has 0 atom stereocenters. The Morgan fingerprint density at radius 3 is 2.59 bits per heavy atom. The van der Waals surface area contributed by atoms with Gasteiger partial charge in [0.25, 0.3) is 5.91 Å². The minimum atomic E-state index is -0.285. The lowest BCUT2D eigenvalue weighted by molar-refractivity contribution is 0.0945. The van der Waals surface area contributed by atoms with Gasteiger partial charge in [0, 0.05) is 23.8 Å². The summed E-state index contributed by atoms with van der Waals surface area (Å²) in [7, 11) is 0. The van der Waals surface area contributed by atoms with Crippen molar-refractivity contribution in [3.05, 3.63) is 82.8 Å². The number of carbonyl (C=O) groups excluding carboxylic acids is 1. The first-order valence-corrected chi connectivity index (χ1v) is 9.14. The minimum absolute atomic E-state index is 0.270. The molecule has 0 saturated heterocycles. The smallest absolute Gasteiger partial charge is 0.271 e. The van der Waals surface area contributed by atoms with Crippen LogP contribution in [0.2, 0.25) is 5.02 Å². The Bertz CT molecular complexity index is 927. The maximum Gasteiger partial charge on any atom is 0.271 e. The lowest BCUT2D eigenvalue weighted by Crippen LogP contribution is -2.25. The first kappa shape index (κ1) is 18.9. The van der Waals surface area contributed by atoms with Crippen LogP contribution >= 0.6 is 11.6 Å². The molecule has 0 unspecified atom stereocenters. The number of benzene rings is 2. The van der Waals surface area contributed by atoms with Gasteiger partial charge in [-0.05, 0) is 43.2 Å². The van der Waals surface area contributed by atoms with Gasteiger partial charge in [0.15, 0.2) is 5.82 Å². The molecule has 0 bridgehead atoms. The van der Waals surface area contributed by atoms with Crippen molar-refractivity contribution >= 4 is 29.0 Å². The number of aromatic nitrogens is 2. The molecule has 2 aromatic carbocycles. The van der Waals surface area contributed by atoms with Gasteiger partial charge in [0.05, 0.1) is 12.4 Å². The minimum Gasteiger partial charge on any atom is -0.347 e. The lowest BCUT2D eigenvalue weighted by atomic mass is 10.2. The molecule has 1 amide bonds. The summed E-state index contributed by atoms with van der Waals surface area (Å²) in [5.41, 5.74) is 3.34. The third-order valence-corrected chi connectivity index (χ3v) is 4.54. The quantitative estimate of drug-likeness (QED) is 0.682. The topological polar surface area (TPSA) is 58.1 Å². The molecule has 27 heavy (non-hydrogen) atoms. The van der Waals surface area contributed by atoms with Gasteiger partial charge in [-0.2, -0.15) is 0 Å². The molecule has 0 spiro atoms. The summed E-state index contributed by atoms with van der Waals surface area (Å²) < 4.78 is 0. The summed E-state index contributed by atoms with van der Waals surface area (Å²) >= 11 is 6.11. The van der Waals surface area contributed by atoms with E-state index in [0.29, 0.717) is 17.4 Å². The van der Waals surface area contributed by atoms with Gasteiger partial charge in [-0.15, -0.1) is 0 Å². The molecule has 0 fully saturated rings. The van der Waals surface area contributed by atoms with E-state index >= 15 is 0 Å². The molecule has 1 heterocycles. The van der Waals surface area contributed by atoms with Crippen LogP contribution in [0.3, 0.4) is 0 Å². The summed E-state index contributed by atoms with van der Waals surface area (Å²) in [4.78, 5) is 23.1. The van der Waals surface area contributed by atoms with Gasteiger partial charge >= 0.3 is 0 Å². The molecule has 1 aromatic heterocycles. The van der Waals surface area contributed by atoms with Crippen molar-refractivity contribution in [3.8, 4) is 0 Å². The van der Waals surface area contributed by atoms with Crippen molar-refractivity contribution in [2.24, 2.45) is 0 Å². The predicted molar refractivity (Wildman–Crippen MR) is 109 cm³/mol. The van der Waals surface area contributed by atoms with Crippen LogP contribution in [0.15, 0.2) is 60.9 Å². The van der Waals surface area contributed by atoms with E-state index in [9.17, 15) is 4.79 Å². The normalized spacial score (nSPS) is 10.5. The van der Waals surface area contributed by atoms with E-state index < -0.39 is 0 Å². The SMILES string of the molecule is CCN(c1cccc(C)c1)c1cnc(C(=O)NCc2ccccc2Cl)cn1. The third-order valence-electron chi connectivity index (χ3n) is 4.17. The second kappa shape index (κ2) is 8.64. The first-order chi connectivity index (χ1) is 13.1. The molecule has 3 rings (SSSR count). The largest absolute Gasteiger partial charge is 0.347 e. The fourth-order valence-corrected chi connectivity index (χ4v) is 2.96. The Morgan fingerprint density at radius 2 is 1.93 bits per heavy atom. The molecule has 3 aromatic rings. The fourth-order valence-electron chi connectivity index (χ4n) is 2.76. The summed E-state index contributed by atoms with van der Waals surface area (Å²) in [6, 6.07) is 15.6. The van der Waals surface area contributed by atoms with Crippen molar-refractivity contribution in [2.45, 2.75) is 20.4 Å². The van der Waals surface area contributed by atoms with E-state index in [1.54, 1.807) is 12.3 Å². The van der Waals surface area contributed by atoms with E-state index in [-0.39, 0.29) is 11.6 Å². The van der Waals surface area contributed by atoms with Crippen molar-refractivity contribution in [1.82, 2.24) is 15.3 Å². The number of rotatable bonds is 6. The lowest BCUT2D eigenvalue weighted by Gasteiger charge is -2.22. The maximum absolute atomic E-state index is 12.3. The molecule has 0 aliphatic carbocycles. The number of anilines is 2. The number of nitrogens with zero attached hydrogens (tertiary/aromatic N) is 3. The molecule has 138 valence electrons. The molecule has 0 radical (unpaired) electrons. The molecule has 0 saturated carbocycles. The zero-order valence-corrected chi connectivity index (χ0v) is 16.1. The van der Waals surface area contributed by atoms with Crippen LogP contribution in [0.25, 0.3) is 0 Å². The van der Waals surface area contributed by atoms with Gasteiger partial charge in [-0.1, -0.05) is 41.9 Å². The van der Waals surface area contributed by atoms with Crippen molar-refractivity contribution < 1.29 is 4.79 Å². The number of amides is 1. The van der Waals surface area contributed by atoms with Gasteiger partial charge in [-0.25, -0.2) is 9.97 Å². The molecule has 5 nitrogen and oxygen atoms in total. The summed E-state index contributed by atoms with van der Waals surface area (Å²) in [6.07, 6.45) is 3.12. The second-order valence-corrected chi connectivity index (χ2v) is 6.52. The molecule has 6 heteroatoms. The Hall–Kier alpha value is -2.92. The molecular formula is C21H21ClN4O. The molecule has 1 N–H and O–H groups in total. The van der Waals surface area contributed by atoms with Crippen LogP contribution in [-0.2, 0) is 6.54 Å². The standard InChI is InChI=1S/C21H21ClN4O/c1-3-26(17-9-6-7-15(2)11-17)20-14-23-19(13-24-20)21(27)25-12-16-8-4-5-10-18(16)22/h4-11,13-14H,3,12H2,1-2H3,(H,25,27). The average Bonchev–Trinajstić information content (AvgIpc) is 2.68. The van der Waals surface area contributed by atoms with Gasteiger partial charge in [0.2, 0.25) is 0 Å². The monoisotopic (exact) mass is 380 g/mol. The third kappa shape index (κ3) is 4.63. The number of hydrogen-bond acceptors (Lipinski definition) is 4. The average molecular weight is 381 g/mol.